The Labute approximate surface area is 159 Å². The van der Waals surface area contributed by atoms with Crippen LogP contribution in [0.2, 0.25) is 0 Å². The molecular weight excluding hydrogens is 338 g/mol. The Balaban J connectivity index is 1.61. The molecule has 1 aliphatic heterocycles. The van der Waals surface area contributed by atoms with Crippen molar-refractivity contribution < 1.29 is 4.79 Å². The van der Waals surface area contributed by atoms with E-state index in [4.69, 9.17) is 0 Å². The number of aryl methyl sites for hydroxylation is 2. The average molecular weight is 363 g/mol. The first-order valence-electron chi connectivity index (χ1n) is 9.43. The largest absolute Gasteiger partial charge is 0.346 e. The van der Waals surface area contributed by atoms with Crippen LogP contribution >= 0.6 is 0 Å². The van der Waals surface area contributed by atoms with Crippen molar-refractivity contribution in [3.63, 3.8) is 0 Å². The Morgan fingerprint density at radius 2 is 2.07 bits per heavy atom. The van der Waals surface area contributed by atoms with Gasteiger partial charge in [0.25, 0.3) is 5.91 Å². The minimum absolute atomic E-state index is 0.0586. The first kappa shape index (κ1) is 17.5. The van der Waals surface area contributed by atoms with E-state index in [-0.39, 0.29) is 5.91 Å². The summed E-state index contributed by atoms with van der Waals surface area (Å²) >= 11 is 0. The molecule has 3 heterocycles. The van der Waals surface area contributed by atoms with E-state index in [1.807, 2.05) is 43.0 Å². The third kappa shape index (κ3) is 3.16. The molecule has 4 rings (SSSR count). The zero-order valence-corrected chi connectivity index (χ0v) is 16.3. The number of H-pyrrole nitrogens is 2. The lowest BCUT2D eigenvalue weighted by molar-refractivity contribution is 0.0733. The Morgan fingerprint density at radius 1 is 1.26 bits per heavy atom. The van der Waals surface area contributed by atoms with Crippen molar-refractivity contribution in [2.24, 2.45) is 0 Å². The second-order valence-electron chi connectivity index (χ2n) is 7.57. The van der Waals surface area contributed by atoms with Crippen LogP contribution in [0.3, 0.4) is 0 Å². The summed E-state index contributed by atoms with van der Waals surface area (Å²) in [6.07, 6.45) is 0.818. The summed E-state index contributed by atoms with van der Waals surface area (Å²) in [6.45, 7) is 9.53. The van der Waals surface area contributed by atoms with Crippen molar-refractivity contribution in [1.82, 2.24) is 25.1 Å². The molecule has 6 nitrogen and oxygen atoms in total. The van der Waals surface area contributed by atoms with E-state index in [0.29, 0.717) is 24.6 Å². The quantitative estimate of drug-likeness (QED) is 0.744. The summed E-state index contributed by atoms with van der Waals surface area (Å²) in [4.78, 5) is 22.9. The average Bonchev–Trinajstić information content (AvgIpc) is 3.23. The minimum atomic E-state index is 0.0586. The number of nitrogens with one attached hydrogen (secondary N) is 2. The predicted molar refractivity (Wildman–Crippen MR) is 105 cm³/mol. The Bertz CT molecular complexity index is 998. The molecule has 0 saturated heterocycles. The van der Waals surface area contributed by atoms with Gasteiger partial charge in [0.05, 0.1) is 11.4 Å². The molecule has 0 bridgehead atoms. The van der Waals surface area contributed by atoms with E-state index < -0.39 is 0 Å². The molecule has 6 heteroatoms. The van der Waals surface area contributed by atoms with Crippen LogP contribution in [-0.4, -0.2) is 37.5 Å². The third-order valence-corrected chi connectivity index (χ3v) is 5.19. The van der Waals surface area contributed by atoms with Gasteiger partial charge in [-0.3, -0.25) is 9.89 Å². The number of imidazole rings is 1. The maximum absolute atomic E-state index is 13.2. The molecule has 1 aliphatic rings. The third-order valence-electron chi connectivity index (χ3n) is 5.19. The highest BCUT2D eigenvalue weighted by Crippen LogP contribution is 2.27. The number of nitrogens with zero attached hydrogens (tertiary/aromatic N) is 3. The van der Waals surface area contributed by atoms with Crippen LogP contribution in [-0.2, 0) is 13.0 Å². The minimum Gasteiger partial charge on any atom is -0.346 e. The van der Waals surface area contributed by atoms with Crippen LogP contribution in [0.4, 0.5) is 0 Å². The van der Waals surface area contributed by atoms with Crippen LogP contribution in [0.1, 0.15) is 58.6 Å². The summed E-state index contributed by atoms with van der Waals surface area (Å²) in [5.74, 6) is 1.28. The smallest absolute Gasteiger partial charge is 0.254 e. The molecule has 3 aromatic rings. The molecule has 0 fully saturated rings. The molecular formula is C21H25N5O. The molecule has 27 heavy (non-hydrogen) atoms. The molecule has 0 saturated carbocycles. The summed E-state index contributed by atoms with van der Waals surface area (Å²) in [5.41, 5.74) is 6.99. The molecule has 1 amide bonds. The SMILES string of the molecule is Cc1nc(-c2cccc(C(=O)N3CCc4[nH]nc(C(C)C)c4C3)c2)c(C)[nH]1. The van der Waals surface area contributed by atoms with E-state index in [0.717, 1.165) is 34.9 Å². The van der Waals surface area contributed by atoms with Crippen molar-refractivity contribution in [3.05, 3.63) is 58.3 Å². The number of hydrogen-bond acceptors (Lipinski definition) is 3. The van der Waals surface area contributed by atoms with Gasteiger partial charge in [-0.2, -0.15) is 5.10 Å². The zero-order valence-electron chi connectivity index (χ0n) is 16.3. The number of aromatic nitrogens is 4. The number of rotatable bonds is 3. The van der Waals surface area contributed by atoms with Crippen molar-refractivity contribution in [1.29, 1.82) is 0 Å². The zero-order chi connectivity index (χ0) is 19.1. The summed E-state index contributed by atoms with van der Waals surface area (Å²) < 4.78 is 0. The first-order valence-corrected chi connectivity index (χ1v) is 9.43. The number of amides is 1. The molecule has 0 aliphatic carbocycles. The van der Waals surface area contributed by atoms with Gasteiger partial charge in [-0.05, 0) is 31.9 Å². The lowest BCUT2D eigenvalue weighted by Crippen LogP contribution is -2.36. The molecule has 0 spiro atoms. The van der Waals surface area contributed by atoms with Gasteiger partial charge in [-0.1, -0.05) is 26.0 Å². The maximum Gasteiger partial charge on any atom is 0.254 e. The lowest BCUT2D eigenvalue weighted by atomic mass is 9.98. The second kappa shape index (κ2) is 6.68. The summed E-state index contributed by atoms with van der Waals surface area (Å²) in [7, 11) is 0. The summed E-state index contributed by atoms with van der Waals surface area (Å²) in [5, 5.41) is 7.60. The van der Waals surface area contributed by atoms with Gasteiger partial charge >= 0.3 is 0 Å². The fourth-order valence-corrected chi connectivity index (χ4v) is 3.84. The first-order chi connectivity index (χ1) is 12.9. The Hall–Kier alpha value is -2.89. The van der Waals surface area contributed by atoms with Crippen molar-refractivity contribution in [2.45, 2.75) is 46.6 Å². The number of aromatic amines is 2. The number of hydrogen-bond donors (Lipinski definition) is 2. The molecule has 1 aromatic carbocycles. The van der Waals surface area contributed by atoms with E-state index in [9.17, 15) is 4.79 Å². The van der Waals surface area contributed by atoms with Crippen molar-refractivity contribution in [3.8, 4) is 11.3 Å². The number of carbonyl (C=O) groups excluding carboxylic acids is 1. The van der Waals surface area contributed by atoms with E-state index >= 15 is 0 Å². The van der Waals surface area contributed by atoms with E-state index in [1.165, 1.54) is 11.3 Å². The number of fused-ring (bicyclic) bond motifs is 1. The Morgan fingerprint density at radius 3 is 2.78 bits per heavy atom. The van der Waals surface area contributed by atoms with Crippen molar-refractivity contribution >= 4 is 5.91 Å². The monoisotopic (exact) mass is 363 g/mol. The molecule has 0 radical (unpaired) electrons. The van der Waals surface area contributed by atoms with Gasteiger partial charge in [0, 0.05) is 47.6 Å². The van der Waals surface area contributed by atoms with Gasteiger partial charge < -0.3 is 9.88 Å². The van der Waals surface area contributed by atoms with E-state index in [1.54, 1.807) is 0 Å². The molecule has 0 atom stereocenters. The van der Waals surface area contributed by atoms with Gasteiger partial charge in [0.2, 0.25) is 0 Å². The second-order valence-corrected chi connectivity index (χ2v) is 7.57. The molecule has 2 aromatic heterocycles. The number of carbonyl (C=O) groups is 1. The van der Waals surface area contributed by atoms with Crippen LogP contribution in [0.25, 0.3) is 11.3 Å². The molecule has 140 valence electrons. The van der Waals surface area contributed by atoms with Crippen molar-refractivity contribution in [2.75, 3.05) is 6.54 Å². The highest BCUT2D eigenvalue weighted by molar-refractivity contribution is 5.95. The Kier molecular flexibility index (Phi) is 4.34. The summed E-state index contributed by atoms with van der Waals surface area (Å²) in [6, 6.07) is 7.76. The van der Waals surface area contributed by atoms with Gasteiger partial charge in [0.15, 0.2) is 0 Å². The fraction of sp³-hybridized carbons (Fsp3) is 0.381. The normalized spacial score (nSPS) is 13.9. The molecule has 2 N–H and O–H groups in total. The van der Waals surface area contributed by atoms with Gasteiger partial charge in [-0.25, -0.2) is 4.98 Å². The van der Waals surface area contributed by atoms with Gasteiger partial charge in [0.1, 0.15) is 5.82 Å². The lowest BCUT2D eigenvalue weighted by Gasteiger charge is -2.27. The fourth-order valence-electron chi connectivity index (χ4n) is 3.84. The standard InChI is InChI=1S/C21H25N5O/c1-12(2)19-17-11-26(9-8-18(17)24-25-19)21(27)16-7-5-6-15(10-16)20-13(3)22-14(4)23-20/h5-7,10,12H,8-9,11H2,1-4H3,(H,22,23)(H,24,25). The maximum atomic E-state index is 13.2. The van der Waals surface area contributed by atoms with Crippen LogP contribution < -0.4 is 0 Å². The van der Waals surface area contributed by atoms with E-state index in [2.05, 4.69) is 34.0 Å². The highest BCUT2D eigenvalue weighted by atomic mass is 16.2. The van der Waals surface area contributed by atoms with Crippen LogP contribution in [0.5, 0.6) is 0 Å². The number of benzene rings is 1. The van der Waals surface area contributed by atoms with Gasteiger partial charge in [-0.15, -0.1) is 0 Å². The predicted octanol–water partition coefficient (Wildman–Crippen LogP) is 3.74. The van der Waals surface area contributed by atoms with Crippen LogP contribution in [0, 0.1) is 13.8 Å². The topological polar surface area (TPSA) is 77.7 Å². The van der Waals surface area contributed by atoms with Crippen LogP contribution in [0.15, 0.2) is 24.3 Å². The molecule has 0 unspecified atom stereocenters. The highest BCUT2D eigenvalue weighted by Gasteiger charge is 2.27.